The Kier molecular flexibility index (Phi) is 8.00. The molecule has 1 aromatic heterocycles. The lowest BCUT2D eigenvalue weighted by atomic mass is 9.81. The summed E-state index contributed by atoms with van der Waals surface area (Å²) in [6, 6.07) is 71.9. The van der Waals surface area contributed by atoms with Crippen LogP contribution in [-0.2, 0) is 5.41 Å². The van der Waals surface area contributed by atoms with Crippen LogP contribution in [0.5, 0.6) is 0 Å². The molecule has 0 amide bonds. The summed E-state index contributed by atoms with van der Waals surface area (Å²) in [6.45, 7) is 9.15. The summed E-state index contributed by atoms with van der Waals surface area (Å²) in [6.07, 6.45) is 0. The molecule has 1 aliphatic carbocycles. The molecule has 10 aromatic rings. The van der Waals surface area contributed by atoms with Crippen LogP contribution in [0.25, 0.3) is 71.6 Å². The Labute approximate surface area is 346 Å². The molecule has 0 spiro atoms. The molecule has 1 aliphatic rings. The Morgan fingerprint density at radius 2 is 1.02 bits per heavy atom. The lowest BCUT2D eigenvalue weighted by molar-refractivity contribution is 0.660. The van der Waals surface area contributed by atoms with Gasteiger partial charge in [-0.3, -0.25) is 0 Å². The maximum Gasteiger partial charge on any atom is 0.0543 e. The third-order valence-corrected chi connectivity index (χ3v) is 12.7. The van der Waals surface area contributed by atoms with Crippen molar-refractivity contribution < 1.29 is 0 Å². The van der Waals surface area contributed by atoms with E-state index in [1.54, 1.807) is 0 Å². The van der Waals surface area contributed by atoms with E-state index >= 15 is 0 Å². The molecule has 0 unspecified atom stereocenters. The van der Waals surface area contributed by atoms with Crippen molar-refractivity contribution in [1.29, 1.82) is 0 Å². The lowest BCUT2D eigenvalue weighted by Crippen LogP contribution is -2.17. The maximum absolute atomic E-state index is 2.48. The van der Waals surface area contributed by atoms with Crippen LogP contribution < -0.4 is 4.90 Å². The number of hydrogen-bond donors (Lipinski definition) is 0. The van der Waals surface area contributed by atoms with Crippen LogP contribution in [-0.4, -0.2) is 4.57 Å². The summed E-state index contributed by atoms with van der Waals surface area (Å²) in [7, 11) is 0. The fraction of sp³-hybridized carbons (Fsp3) is 0.0877. The van der Waals surface area contributed by atoms with Crippen LogP contribution >= 0.6 is 0 Å². The predicted molar refractivity (Wildman–Crippen MR) is 251 cm³/mol. The number of nitrogens with zero attached hydrogens (tertiary/aromatic N) is 2. The Bertz CT molecular complexity index is 3150. The largest absolute Gasteiger partial charge is 0.310 e. The number of rotatable bonds is 6. The van der Waals surface area contributed by atoms with Crippen LogP contribution in [0.4, 0.5) is 17.1 Å². The van der Waals surface area contributed by atoms with E-state index in [4.69, 9.17) is 0 Å². The molecule has 2 heteroatoms. The number of aryl methyl sites for hydroxylation is 2. The van der Waals surface area contributed by atoms with Gasteiger partial charge in [-0.15, -0.1) is 0 Å². The van der Waals surface area contributed by atoms with Gasteiger partial charge in [0.05, 0.1) is 16.7 Å². The quantitative estimate of drug-likeness (QED) is 0.164. The van der Waals surface area contributed by atoms with Crippen LogP contribution in [0, 0.1) is 13.8 Å². The van der Waals surface area contributed by atoms with E-state index in [9.17, 15) is 0 Å². The molecule has 0 radical (unpaired) electrons. The maximum atomic E-state index is 2.48. The monoisotopic (exact) mass is 756 g/mol. The minimum atomic E-state index is -0.259. The molecule has 9 aromatic carbocycles. The normalized spacial score (nSPS) is 12.9. The van der Waals surface area contributed by atoms with Crippen LogP contribution in [0.3, 0.4) is 0 Å². The van der Waals surface area contributed by atoms with Gasteiger partial charge >= 0.3 is 0 Å². The van der Waals surface area contributed by atoms with E-state index in [1.165, 1.54) is 99.6 Å². The van der Waals surface area contributed by atoms with Gasteiger partial charge in [0.25, 0.3) is 0 Å². The SMILES string of the molecule is Cc1ccc(N(c2cccc(C)c2)c2cc3c(c4ccccc24)-c2ccc(-n4c5ccc(-c6ccccc6)cc5c5cc(-c6ccccc6)ccc54)cc2C3(C)C)cc1. The number of aromatic nitrogens is 1. The first-order valence-electron chi connectivity index (χ1n) is 20.7. The fourth-order valence-electron chi connectivity index (χ4n) is 9.69. The molecule has 0 fully saturated rings. The van der Waals surface area contributed by atoms with Gasteiger partial charge in [-0.25, -0.2) is 0 Å². The van der Waals surface area contributed by atoms with E-state index in [0.717, 1.165) is 11.4 Å². The third-order valence-electron chi connectivity index (χ3n) is 12.7. The van der Waals surface area contributed by atoms with E-state index < -0.39 is 0 Å². The molecule has 1 heterocycles. The van der Waals surface area contributed by atoms with Gasteiger partial charge < -0.3 is 9.47 Å². The van der Waals surface area contributed by atoms with E-state index in [1.807, 2.05) is 0 Å². The van der Waals surface area contributed by atoms with Crippen molar-refractivity contribution in [3.63, 3.8) is 0 Å². The summed E-state index contributed by atoms with van der Waals surface area (Å²) < 4.78 is 2.48. The highest BCUT2D eigenvalue weighted by Crippen LogP contribution is 2.55. The lowest BCUT2D eigenvalue weighted by Gasteiger charge is -2.30. The summed E-state index contributed by atoms with van der Waals surface area (Å²) in [5.74, 6) is 0. The van der Waals surface area contributed by atoms with Gasteiger partial charge in [-0.1, -0.05) is 147 Å². The molecule has 0 aliphatic heterocycles. The fourth-order valence-corrected chi connectivity index (χ4v) is 9.69. The highest BCUT2D eigenvalue weighted by molar-refractivity contribution is 6.13. The minimum absolute atomic E-state index is 0.259. The molecule has 2 nitrogen and oxygen atoms in total. The Balaban J connectivity index is 1.12. The predicted octanol–water partition coefficient (Wildman–Crippen LogP) is 15.7. The topological polar surface area (TPSA) is 8.17 Å². The van der Waals surface area contributed by atoms with Gasteiger partial charge in [-0.05, 0) is 136 Å². The van der Waals surface area contributed by atoms with Gasteiger partial charge in [0.15, 0.2) is 0 Å². The van der Waals surface area contributed by atoms with Gasteiger partial charge in [0.1, 0.15) is 0 Å². The first kappa shape index (κ1) is 35.0. The second-order valence-electron chi connectivity index (χ2n) is 16.8. The van der Waals surface area contributed by atoms with Crippen molar-refractivity contribution in [1.82, 2.24) is 4.57 Å². The first-order chi connectivity index (χ1) is 28.8. The average Bonchev–Trinajstić information content (AvgIpc) is 3.72. The van der Waals surface area contributed by atoms with Gasteiger partial charge in [0.2, 0.25) is 0 Å². The molecule has 282 valence electrons. The molecule has 0 N–H and O–H groups in total. The standard InChI is InChI=1S/C57H44N2/c1-37-22-26-43(27-23-37)58(44-19-13-14-38(2)32-44)55-36-52-56(47-21-12-11-20-46(47)55)48-29-28-45(35-51(48)57(52,3)4)59-53-30-24-41(39-15-7-5-8-16-39)33-49(53)50-34-42(25-31-54(50)59)40-17-9-6-10-18-40/h5-36H,1-4H3. The molecule has 0 saturated heterocycles. The number of benzene rings is 9. The Morgan fingerprint density at radius 3 is 1.64 bits per heavy atom. The summed E-state index contributed by atoms with van der Waals surface area (Å²) in [5, 5.41) is 5.03. The van der Waals surface area contributed by atoms with Crippen molar-refractivity contribution >= 4 is 49.6 Å². The molecular formula is C57H44N2. The number of anilines is 3. The zero-order chi connectivity index (χ0) is 39.8. The van der Waals surface area contributed by atoms with Crippen molar-refractivity contribution in [3.8, 4) is 39.1 Å². The molecule has 59 heavy (non-hydrogen) atoms. The first-order valence-corrected chi connectivity index (χ1v) is 20.7. The molecule has 0 bridgehead atoms. The minimum Gasteiger partial charge on any atom is -0.310 e. The van der Waals surface area contributed by atoms with E-state index in [0.29, 0.717) is 0 Å². The molecule has 0 atom stereocenters. The van der Waals surface area contributed by atoms with Crippen molar-refractivity contribution in [2.45, 2.75) is 33.1 Å². The summed E-state index contributed by atoms with van der Waals surface area (Å²) in [4.78, 5) is 2.45. The van der Waals surface area contributed by atoms with E-state index in [2.05, 4.69) is 231 Å². The van der Waals surface area contributed by atoms with Crippen LogP contribution in [0.2, 0.25) is 0 Å². The van der Waals surface area contributed by atoms with Crippen LogP contribution in [0.1, 0.15) is 36.1 Å². The average molecular weight is 757 g/mol. The zero-order valence-corrected chi connectivity index (χ0v) is 33.9. The number of fused-ring (bicyclic) bond motifs is 8. The van der Waals surface area contributed by atoms with Crippen molar-refractivity contribution in [3.05, 3.63) is 216 Å². The highest BCUT2D eigenvalue weighted by atomic mass is 15.1. The molecule has 11 rings (SSSR count). The molecular weight excluding hydrogens is 713 g/mol. The van der Waals surface area contributed by atoms with Crippen molar-refractivity contribution in [2.75, 3.05) is 4.90 Å². The second-order valence-corrected chi connectivity index (χ2v) is 16.8. The van der Waals surface area contributed by atoms with Gasteiger partial charge in [-0.2, -0.15) is 0 Å². The Hall–Kier alpha value is -7.16. The Morgan fingerprint density at radius 1 is 0.407 bits per heavy atom. The van der Waals surface area contributed by atoms with Crippen LogP contribution in [0.15, 0.2) is 194 Å². The smallest absolute Gasteiger partial charge is 0.0543 e. The number of hydrogen-bond acceptors (Lipinski definition) is 1. The zero-order valence-electron chi connectivity index (χ0n) is 33.9. The third kappa shape index (κ3) is 5.62. The van der Waals surface area contributed by atoms with Gasteiger partial charge in [0, 0.05) is 38.6 Å². The summed E-state index contributed by atoms with van der Waals surface area (Å²) >= 11 is 0. The van der Waals surface area contributed by atoms with Crippen molar-refractivity contribution in [2.24, 2.45) is 0 Å². The second kappa shape index (κ2) is 13.5. The van der Waals surface area contributed by atoms with E-state index in [-0.39, 0.29) is 5.41 Å². The summed E-state index contributed by atoms with van der Waals surface area (Å²) in [5.41, 5.74) is 19.6. The molecule has 0 saturated carbocycles. The highest BCUT2D eigenvalue weighted by Gasteiger charge is 2.38.